The van der Waals surface area contributed by atoms with Crippen molar-refractivity contribution < 1.29 is 0 Å². The number of halogens is 1. The topological polar surface area (TPSA) is 12.4 Å². The number of rotatable bonds is 2. The van der Waals surface area contributed by atoms with E-state index < -0.39 is 0 Å². The summed E-state index contributed by atoms with van der Waals surface area (Å²) >= 11 is 6.02. The van der Waals surface area contributed by atoms with Gasteiger partial charge in [0, 0.05) is 22.4 Å². The Bertz CT molecular complexity index is 630. The molecule has 0 heterocycles. The van der Waals surface area contributed by atoms with E-state index >= 15 is 0 Å². The molecule has 0 saturated carbocycles. The van der Waals surface area contributed by atoms with Gasteiger partial charge in [-0.3, -0.25) is 4.99 Å². The molecule has 0 aliphatic rings. The molecule has 2 aromatic carbocycles. The maximum absolute atomic E-state index is 6.02. The Labute approximate surface area is 119 Å². The van der Waals surface area contributed by atoms with Crippen molar-refractivity contribution in [3.63, 3.8) is 0 Å². The highest BCUT2D eigenvalue weighted by Gasteiger charge is 1.92. The molecule has 0 spiro atoms. The van der Waals surface area contributed by atoms with Crippen LogP contribution in [-0.4, -0.2) is 12.8 Å². The summed E-state index contributed by atoms with van der Waals surface area (Å²) in [5, 5.41) is 0.706. The zero-order chi connectivity index (χ0) is 13.5. The Kier molecular flexibility index (Phi) is 4.78. The Morgan fingerprint density at radius 2 is 1.84 bits per heavy atom. The molecule has 0 fully saturated rings. The monoisotopic (exact) mass is 267 g/mol. The molecule has 0 aromatic heterocycles. The highest BCUT2D eigenvalue weighted by atomic mass is 35.5. The fourth-order valence-corrected chi connectivity index (χ4v) is 1.73. The summed E-state index contributed by atoms with van der Waals surface area (Å²) in [6.45, 7) is 2.53. The van der Waals surface area contributed by atoms with Crippen LogP contribution in [0.2, 0.25) is 5.02 Å². The molecule has 0 aliphatic heterocycles. The van der Waals surface area contributed by atoms with Gasteiger partial charge in [-0.1, -0.05) is 59.3 Å². The summed E-state index contributed by atoms with van der Waals surface area (Å²) in [6.07, 6.45) is 1.76. The lowest BCUT2D eigenvalue weighted by atomic mass is 10.2. The molecule has 2 rings (SSSR count). The first-order valence-corrected chi connectivity index (χ1v) is 6.43. The van der Waals surface area contributed by atoms with E-state index in [1.807, 2.05) is 36.4 Å². The van der Waals surface area contributed by atoms with Crippen LogP contribution >= 0.6 is 11.6 Å². The quantitative estimate of drug-likeness (QED) is 0.573. The summed E-state index contributed by atoms with van der Waals surface area (Å²) < 4.78 is 0. The lowest BCUT2D eigenvalue weighted by molar-refractivity contribution is 1.30. The van der Waals surface area contributed by atoms with E-state index in [2.05, 4.69) is 35.9 Å². The first-order chi connectivity index (χ1) is 9.25. The van der Waals surface area contributed by atoms with Crippen LogP contribution in [0.1, 0.15) is 16.7 Å². The van der Waals surface area contributed by atoms with E-state index in [-0.39, 0.29) is 0 Å². The van der Waals surface area contributed by atoms with Crippen LogP contribution in [0.3, 0.4) is 0 Å². The van der Waals surface area contributed by atoms with Gasteiger partial charge >= 0.3 is 0 Å². The van der Waals surface area contributed by atoms with E-state index in [1.54, 1.807) is 6.21 Å². The van der Waals surface area contributed by atoms with Crippen LogP contribution in [-0.2, 0) is 0 Å². The number of aryl methyl sites for hydroxylation is 1. The lowest BCUT2D eigenvalue weighted by Crippen LogP contribution is -1.84. The number of nitrogens with zero attached hydrogens (tertiary/aromatic N) is 1. The summed E-state index contributed by atoms with van der Waals surface area (Å²) in [5.41, 5.74) is 3.17. The molecule has 0 bridgehead atoms. The molecular formula is C17H14ClN. The van der Waals surface area contributed by atoms with Crippen LogP contribution < -0.4 is 0 Å². The SMILES string of the molecule is Cc1ccc(C#CC/N=C/c2ccccc2Cl)cc1. The fraction of sp³-hybridized carbons (Fsp3) is 0.118. The Morgan fingerprint density at radius 3 is 2.58 bits per heavy atom. The Morgan fingerprint density at radius 1 is 1.11 bits per heavy atom. The third-order valence-corrected chi connectivity index (χ3v) is 2.93. The van der Waals surface area contributed by atoms with Gasteiger partial charge in [0.2, 0.25) is 0 Å². The second kappa shape index (κ2) is 6.78. The summed E-state index contributed by atoms with van der Waals surface area (Å²) in [4.78, 5) is 4.25. The lowest BCUT2D eigenvalue weighted by Gasteiger charge is -1.94. The molecule has 1 nitrogen and oxygen atoms in total. The fourth-order valence-electron chi connectivity index (χ4n) is 1.55. The predicted octanol–water partition coefficient (Wildman–Crippen LogP) is 4.12. The van der Waals surface area contributed by atoms with Crippen molar-refractivity contribution in [3.05, 3.63) is 70.2 Å². The number of aliphatic imine (C=N–C) groups is 1. The number of hydrogen-bond acceptors (Lipinski definition) is 1. The van der Waals surface area contributed by atoms with Crippen LogP contribution in [0.25, 0.3) is 0 Å². The van der Waals surface area contributed by atoms with Crippen molar-refractivity contribution in [3.8, 4) is 11.8 Å². The molecule has 0 atom stereocenters. The van der Waals surface area contributed by atoms with E-state index in [4.69, 9.17) is 11.6 Å². The zero-order valence-electron chi connectivity index (χ0n) is 10.7. The number of hydrogen-bond donors (Lipinski definition) is 0. The standard InChI is InChI=1S/C17H14ClN/c1-14-8-10-15(11-9-14)5-4-12-19-13-16-6-2-3-7-17(16)18/h2-3,6-11,13H,12H2,1H3/b19-13+. The molecule has 19 heavy (non-hydrogen) atoms. The molecule has 2 aromatic rings. The smallest absolute Gasteiger partial charge is 0.100 e. The second-order valence-corrected chi connectivity index (χ2v) is 4.57. The van der Waals surface area contributed by atoms with Crippen molar-refractivity contribution in [1.29, 1.82) is 0 Å². The van der Waals surface area contributed by atoms with Gasteiger partial charge in [-0.2, -0.15) is 0 Å². The first-order valence-electron chi connectivity index (χ1n) is 6.05. The van der Waals surface area contributed by atoms with Gasteiger partial charge in [-0.05, 0) is 25.1 Å². The van der Waals surface area contributed by atoms with E-state index in [0.717, 1.165) is 11.1 Å². The van der Waals surface area contributed by atoms with Crippen LogP contribution in [0.5, 0.6) is 0 Å². The van der Waals surface area contributed by atoms with Crippen molar-refractivity contribution in [1.82, 2.24) is 0 Å². The van der Waals surface area contributed by atoms with E-state index in [9.17, 15) is 0 Å². The molecule has 94 valence electrons. The molecule has 0 N–H and O–H groups in total. The molecule has 0 unspecified atom stereocenters. The highest BCUT2D eigenvalue weighted by Crippen LogP contribution is 2.12. The second-order valence-electron chi connectivity index (χ2n) is 4.16. The minimum Gasteiger partial charge on any atom is -0.280 e. The van der Waals surface area contributed by atoms with Crippen molar-refractivity contribution in [2.24, 2.45) is 4.99 Å². The number of benzene rings is 2. The van der Waals surface area contributed by atoms with Gasteiger partial charge < -0.3 is 0 Å². The normalized spacial score (nSPS) is 10.2. The molecule has 2 heteroatoms. The van der Waals surface area contributed by atoms with E-state index in [0.29, 0.717) is 11.6 Å². The maximum Gasteiger partial charge on any atom is 0.100 e. The average molecular weight is 268 g/mol. The third kappa shape index (κ3) is 4.28. The van der Waals surface area contributed by atoms with Gasteiger partial charge in [-0.15, -0.1) is 0 Å². The highest BCUT2D eigenvalue weighted by molar-refractivity contribution is 6.33. The molecule has 0 amide bonds. The minimum absolute atomic E-state index is 0.471. The van der Waals surface area contributed by atoms with Crippen LogP contribution in [0.15, 0.2) is 53.5 Å². The molecule has 0 radical (unpaired) electrons. The van der Waals surface area contributed by atoms with Crippen LogP contribution in [0, 0.1) is 18.8 Å². The molecular weight excluding hydrogens is 254 g/mol. The van der Waals surface area contributed by atoms with Gasteiger partial charge in [0.15, 0.2) is 0 Å². The zero-order valence-corrected chi connectivity index (χ0v) is 11.5. The molecule has 0 aliphatic carbocycles. The Hall–Kier alpha value is -2.04. The first kappa shape index (κ1) is 13.4. The Balaban J connectivity index is 1.94. The average Bonchev–Trinajstić information content (AvgIpc) is 2.42. The summed E-state index contributed by atoms with van der Waals surface area (Å²) in [5.74, 6) is 6.10. The van der Waals surface area contributed by atoms with Crippen molar-refractivity contribution >= 4 is 17.8 Å². The third-order valence-electron chi connectivity index (χ3n) is 2.59. The molecule has 0 saturated heterocycles. The summed E-state index contributed by atoms with van der Waals surface area (Å²) in [7, 11) is 0. The maximum atomic E-state index is 6.02. The van der Waals surface area contributed by atoms with Gasteiger partial charge in [0.25, 0.3) is 0 Å². The van der Waals surface area contributed by atoms with Crippen molar-refractivity contribution in [2.75, 3.05) is 6.54 Å². The van der Waals surface area contributed by atoms with E-state index in [1.165, 1.54) is 5.56 Å². The van der Waals surface area contributed by atoms with Gasteiger partial charge in [0.05, 0.1) is 0 Å². The minimum atomic E-state index is 0.471. The van der Waals surface area contributed by atoms with Crippen LogP contribution in [0.4, 0.5) is 0 Å². The van der Waals surface area contributed by atoms with Gasteiger partial charge in [0.1, 0.15) is 6.54 Å². The largest absolute Gasteiger partial charge is 0.280 e. The van der Waals surface area contributed by atoms with Gasteiger partial charge in [-0.25, -0.2) is 0 Å². The predicted molar refractivity (Wildman–Crippen MR) is 82.0 cm³/mol. The van der Waals surface area contributed by atoms with Crippen molar-refractivity contribution in [2.45, 2.75) is 6.92 Å². The summed E-state index contributed by atoms with van der Waals surface area (Å²) in [6, 6.07) is 15.7.